The lowest BCUT2D eigenvalue weighted by atomic mass is 10.0. The maximum atomic E-state index is 11.7. The lowest BCUT2D eigenvalue weighted by Gasteiger charge is -2.05. The van der Waals surface area contributed by atoms with Gasteiger partial charge in [0.15, 0.2) is 9.84 Å². The van der Waals surface area contributed by atoms with E-state index in [1.807, 2.05) is 19.1 Å². The standard InChI is InChI=1S/C13H17NO4S/c1-3-8-4-6-9(7-5-8)10-11(19(2,17)18)13(10,14)12(15)16/h4-7,10-11H,3,14H2,1-2H3,(H,15,16)/t10-,11-,13+/m1/s1. The van der Waals surface area contributed by atoms with Crippen LogP contribution in [0.1, 0.15) is 24.0 Å². The van der Waals surface area contributed by atoms with Crippen LogP contribution in [0.2, 0.25) is 0 Å². The van der Waals surface area contributed by atoms with E-state index in [1.54, 1.807) is 12.1 Å². The molecule has 0 amide bonds. The summed E-state index contributed by atoms with van der Waals surface area (Å²) in [7, 11) is -3.50. The first-order chi connectivity index (χ1) is 8.72. The smallest absolute Gasteiger partial charge is 0.325 e. The van der Waals surface area contributed by atoms with Crippen LogP contribution in [-0.2, 0) is 21.1 Å². The van der Waals surface area contributed by atoms with Crippen LogP contribution < -0.4 is 5.73 Å². The van der Waals surface area contributed by atoms with Crippen molar-refractivity contribution in [2.45, 2.75) is 30.1 Å². The molecular weight excluding hydrogens is 266 g/mol. The zero-order valence-corrected chi connectivity index (χ0v) is 11.6. The van der Waals surface area contributed by atoms with E-state index in [0.29, 0.717) is 5.56 Å². The Bertz CT molecular complexity index is 608. The first kappa shape index (κ1) is 14.0. The maximum Gasteiger partial charge on any atom is 0.325 e. The van der Waals surface area contributed by atoms with Crippen molar-refractivity contribution in [2.24, 2.45) is 5.73 Å². The van der Waals surface area contributed by atoms with Crippen LogP contribution in [-0.4, -0.2) is 36.5 Å². The minimum atomic E-state index is -3.50. The number of nitrogens with two attached hydrogens (primary N) is 1. The number of aryl methyl sites for hydroxylation is 1. The lowest BCUT2D eigenvalue weighted by Crippen LogP contribution is -2.39. The van der Waals surface area contributed by atoms with E-state index in [0.717, 1.165) is 18.2 Å². The van der Waals surface area contributed by atoms with Crippen molar-refractivity contribution in [3.05, 3.63) is 35.4 Å². The Morgan fingerprint density at radius 3 is 2.21 bits per heavy atom. The predicted octanol–water partition coefficient (Wildman–Crippen LogP) is 0.541. The number of hydrogen-bond acceptors (Lipinski definition) is 4. The number of carboxylic acid groups (broad SMARTS) is 1. The number of hydrogen-bond donors (Lipinski definition) is 2. The summed E-state index contributed by atoms with van der Waals surface area (Å²) >= 11 is 0. The molecule has 1 aromatic rings. The van der Waals surface area contributed by atoms with Gasteiger partial charge < -0.3 is 10.8 Å². The van der Waals surface area contributed by atoms with Gasteiger partial charge in [-0.15, -0.1) is 0 Å². The third-order valence-corrected chi connectivity index (χ3v) is 5.34. The van der Waals surface area contributed by atoms with E-state index in [9.17, 15) is 18.3 Å². The van der Waals surface area contributed by atoms with Crippen molar-refractivity contribution in [1.82, 2.24) is 0 Å². The average Bonchev–Trinajstić information content (AvgIpc) is 2.98. The number of sulfone groups is 1. The first-order valence-electron chi connectivity index (χ1n) is 6.03. The molecule has 0 radical (unpaired) electrons. The molecule has 1 aromatic carbocycles. The number of aliphatic carboxylic acids is 1. The molecule has 1 aliphatic rings. The summed E-state index contributed by atoms with van der Waals surface area (Å²) in [6.45, 7) is 2.01. The van der Waals surface area contributed by atoms with E-state index < -0.39 is 32.5 Å². The summed E-state index contributed by atoms with van der Waals surface area (Å²) in [4.78, 5) is 11.3. The first-order valence-corrected chi connectivity index (χ1v) is 7.98. The summed E-state index contributed by atoms with van der Waals surface area (Å²) in [5.41, 5.74) is 5.85. The quantitative estimate of drug-likeness (QED) is 0.840. The molecular formula is C13H17NO4S. The molecule has 1 aliphatic carbocycles. The fourth-order valence-electron chi connectivity index (χ4n) is 2.64. The largest absolute Gasteiger partial charge is 0.480 e. The van der Waals surface area contributed by atoms with E-state index in [4.69, 9.17) is 5.73 Å². The average molecular weight is 283 g/mol. The van der Waals surface area contributed by atoms with Gasteiger partial charge in [-0.2, -0.15) is 0 Å². The van der Waals surface area contributed by atoms with E-state index >= 15 is 0 Å². The molecule has 0 spiro atoms. The molecule has 2 rings (SSSR count). The second-order valence-corrected chi connectivity index (χ2v) is 7.23. The van der Waals surface area contributed by atoms with Crippen molar-refractivity contribution in [1.29, 1.82) is 0 Å². The van der Waals surface area contributed by atoms with Gasteiger partial charge in [0.1, 0.15) is 5.54 Å². The molecule has 0 saturated heterocycles. The lowest BCUT2D eigenvalue weighted by molar-refractivity contribution is -0.139. The summed E-state index contributed by atoms with van der Waals surface area (Å²) in [5.74, 6) is -1.95. The van der Waals surface area contributed by atoms with Crippen molar-refractivity contribution in [2.75, 3.05) is 6.26 Å². The van der Waals surface area contributed by atoms with Gasteiger partial charge >= 0.3 is 5.97 Å². The highest BCUT2D eigenvalue weighted by Crippen LogP contribution is 2.54. The van der Waals surface area contributed by atoms with Gasteiger partial charge in [0.05, 0.1) is 5.25 Å². The monoisotopic (exact) mass is 283 g/mol. The van der Waals surface area contributed by atoms with Crippen molar-refractivity contribution in [3.8, 4) is 0 Å². The third kappa shape index (κ3) is 2.15. The fraction of sp³-hybridized carbons (Fsp3) is 0.462. The van der Waals surface area contributed by atoms with E-state index in [1.165, 1.54) is 0 Å². The number of benzene rings is 1. The summed E-state index contributed by atoms with van der Waals surface area (Å²) in [5, 5.41) is 8.14. The van der Waals surface area contributed by atoms with Gasteiger partial charge in [0, 0.05) is 12.2 Å². The topological polar surface area (TPSA) is 97.5 Å². The van der Waals surface area contributed by atoms with Gasteiger partial charge in [-0.1, -0.05) is 31.2 Å². The van der Waals surface area contributed by atoms with Crippen molar-refractivity contribution in [3.63, 3.8) is 0 Å². The van der Waals surface area contributed by atoms with Gasteiger partial charge in [-0.3, -0.25) is 4.79 Å². The Labute approximate surface area is 112 Å². The Hall–Kier alpha value is -1.40. The molecule has 0 bridgehead atoms. The van der Waals surface area contributed by atoms with Crippen LogP contribution in [0, 0.1) is 0 Å². The highest BCUT2D eigenvalue weighted by molar-refractivity contribution is 7.91. The Balaban J connectivity index is 2.41. The molecule has 0 aromatic heterocycles. The third-order valence-electron chi connectivity index (χ3n) is 3.76. The molecule has 104 valence electrons. The van der Waals surface area contributed by atoms with Crippen LogP contribution in [0.5, 0.6) is 0 Å². The van der Waals surface area contributed by atoms with Crippen LogP contribution in [0.25, 0.3) is 0 Å². The van der Waals surface area contributed by atoms with Crippen LogP contribution in [0.4, 0.5) is 0 Å². The summed E-state index contributed by atoms with van der Waals surface area (Å²) < 4.78 is 23.4. The number of carbonyl (C=O) groups is 1. The zero-order chi connectivity index (χ0) is 14.4. The van der Waals surface area contributed by atoms with Gasteiger partial charge in [-0.25, -0.2) is 8.42 Å². The molecule has 1 saturated carbocycles. The molecule has 0 unspecified atom stereocenters. The van der Waals surface area contributed by atoms with Crippen LogP contribution >= 0.6 is 0 Å². The Morgan fingerprint density at radius 1 is 1.37 bits per heavy atom. The molecule has 5 nitrogen and oxygen atoms in total. The SMILES string of the molecule is CCc1ccc([C@@H]2[C@@H](S(C)(=O)=O)[C@]2(N)C(=O)O)cc1. The number of carboxylic acids is 1. The van der Waals surface area contributed by atoms with Crippen molar-refractivity contribution >= 4 is 15.8 Å². The number of rotatable bonds is 4. The molecule has 6 heteroatoms. The van der Waals surface area contributed by atoms with Gasteiger partial charge in [0.25, 0.3) is 0 Å². The van der Waals surface area contributed by atoms with E-state index in [2.05, 4.69) is 0 Å². The van der Waals surface area contributed by atoms with Crippen LogP contribution in [0.15, 0.2) is 24.3 Å². The Kier molecular flexibility index (Phi) is 3.18. The molecule has 19 heavy (non-hydrogen) atoms. The fourth-order valence-corrected chi connectivity index (χ4v) is 4.40. The maximum absolute atomic E-state index is 11.7. The summed E-state index contributed by atoms with van der Waals surface area (Å²) in [6, 6.07) is 7.27. The normalized spacial score (nSPS) is 30.1. The predicted molar refractivity (Wildman–Crippen MR) is 71.7 cm³/mol. The minimum Gasteiger partial charge on any atom is -0.480 e. The molecule has 0 heterocycles. The van der Waals surface area contributed by atoms with Gasteiger partial charge in [-0.05, 0) is 17.5 Å². The van der Waals surface area contributed by atoms with Gasteiger partial charge in [0.2, 0.25) is 0 Å². The second kappa shape index (κ2) is 4.31. The molecule has 1 fully saturated rings. The molecule has 3 atom stereocenters. The van der Waals surface area contributed by atoms with E-state index in [-0.39, 0.29) is 0 Å². The molecule has 0 aliphatic heterocycles. The van der Waals surface area contributed by atoms with Crippen molar-refractivity contribution < 1.29 is 18.3 Å². The molecule has 3 N–H and O–H groups in total. The highest BCUT2D eigenvalue weighted by atomic mass is 32.2. The highest BCUT2D eigenvalue weighted by Gasteiger charge is 2.73. The zero-order valence-electron chi connectivity index (χ0n) is 10.8. The summed E-state index contributed by atoms with van der Waals surface area (Å²) in [6.07, 6.45) is 1.90. The Morgan fingerprint density at radius 2 is 1.89 bits per heavy atom. The van der Waals surface area contributed by atoms with Crippen LogP contribution in [0.3, 0.4) is 0 Å². The second-order valence-electron chi connectivity index (χ2n) is 5.06. The minimum absolute atomic E-state index is 0.664.